The van der Waals surface area contributed by atoms with E-state index in [0.717, 1.165) is 23.3 Å². The minimum absolute atomic E-state index is 0.0255. The summed E-state index contributed by atoms with van der Waals surface area (Å²) in [7, 11) is 4.98. The van der Waals surface area contributed by atoms with Crippen molar-refractivity contribution in [2.24, 2.45) is 0 Å². The van der Waals surface area contributed by atoms with Crippen molar-refractivity contribution < 1.29 is 13.9 Å². The van der Waals surface area contributed by atoms with E-state index in [1.165, 1.54) is 13.2 Å². The fourth-order valence-electron chi connectivity index (χ4n) is 2.32. The van der Waals surface area contributed by atoms with Gasteiger partial charge in [0.2, 0.25) is 0 Å². The number of rotatable bonds is 6. The Bertz CT molecular complexity index is 601. The van der Waals surface area contributed by atoms with Crippen LogP contribution in [-0.4, -0.2) is 21.3 Å². The summed E-state index contributed by atoms with van der Waals surface area (Å²) in [5.74, 6) is 0.735. The van der Waals surface area contributed by atoms with Crippen molar-refractivity contribution in [2.75, 3.05) is 21.3 Å². The predicted octanol–water partition coefficient (Wildman–Crippen LogP) is 3.35. The molecule has 0 amide bonds. The number of methoxy groups -OCH3 is 2. The lowest BCUT2D eigenvalue weighted by atomic mass is 9.98. The van der Waals surface area contributed by atoms with Crippen LogP contribution < -0.4 is 14.8 Å². The molecule has 0 aliphatic heterocycles. The Kier molecular flexibility index (Phi) is 5.17. The summed E-state index contributed by atoms with van der Waals surface area (Å²) in [6, 6.07) is 13.0. The molecule has 0 radical (unpaired) electrons. The van der Waals surface area contributed by atoms with Gasteiger partial charge in [-0.05, 0) is 48.9 Å². The van der Waals surface area contributed by atoms with Crippen molar-refractivity contribution in [1.82, 2.24) is 5.32 Å². The molecule has 2 aromatic rings. The first-order valence-corrected chi connectivity index (χ1v) is 6.81. The number of benzene rings is 2. The maximum Gasteiger partial charge on any atom is 0.165 e. The molecule has 1 N–H and O–H groups in total. The van der Waals surface area contributed by atoms with Gasteiger partial charge in [0.15, 0.2) is 11.6 Å². The normalized spacial score (nSPS) is 12.0. The van der Waals surface area contributed by atoms with Crippen LogP contribution in [0.3, 0.4) is 0 Å². The predicted molar refractivity (Wildman–Crippen MR) is 81.5 cm³/mol. The van der Waals surface area contributed by atoms with Gasteiger partial charge < -0.3 is 14.8 Å². The van der Waals surface area contributed by atoms with E-state index < -0.39 is 0 Å². The molecule has 21 heavy (non-hydrogen) atoms. The minimum atomic E-state index is -0.346. The van der Waals surface area contributed by atoms with Crippen LogP contribution in [0.1, 0.15) is 17.2 Å². The Morgan fingerprint density at radius 2 is 1.90 bits per heavy atom. The highest BCUT2D eigenvalue weighted by Gasteiger charge is 2.13. The van der Waals surface area contributed by atoms with Gasteiger partial charge in [0.1, 0.15) is 5.75 Å². The smallest absolute Gasteiger partial charge is 0.165 e. The second-order valence-corrected chi connectivity index (χ2v) is 4.79. The van der Waals surface area contributed by atoms with Crippen LogP contribution in [0.15, 0.2) is 42.5 Å². The maximum absolute atomic E-state index is 13.8. The molecule has 0 heterocycles. The molecule has 0 saturated heterocycles. The first kappa shape index (κ1) is 15.3. The average molecular weight is 289 g/mol. The highest BCUT2D eigenvalue weighted by Crippen LogP contribution is 2.25. The minimum Gasteiger partial charge on any atom is -0.497 e. The van der Waals surface area contributed by atoms with Crippen molar-refractivity contribution in [3.8, 4) is 11.5 Å². The third-order valence-corrected chi connectivity index (χ3v) is 3.50. The van der Waals surface area contributed by atoms with E-state index in [2.05, 4.69) is 5.32 Å². The zero-order chi connectivity index (χ0) is 15.2. The average Bonchev–Trinajstić information content (AvgIpc) is 2.52. The molecule has 2 rings (SSSR count). The molecular weight excluding hydrogens is 269 g/mol. The molecule has 0 spiro atoms. The number of nitrogens with one attached hydrogen (secondary N) is 1. The molecule has 2 aromatic carbocycles. The molecule has 3 nitrogen and oxygen atoms in total. The summed E-state index contributed by atoms with van der Waals surface area (Å²) in [6.07, 6.45) is 0.749. The van der Waals surface area contributed by atoms with Crippen molar-refractivity contribution in [3.63, 3.8) is 0 Å². The Balaban J connectivity index is 2.21. The van der Waals surface area contributed by atoms with Gasteiger partial charge in [0.05, 0.1) is 14.2 Å². The van der Waals surface area contributed by atoms with Gasteiger partial charge in [-0.3, -0.25) is 0 Å². The fraction of sp³-hybridized carbons (Fsp3) is 0.294. The van der Waals surface area contributed by atoms with E-state index in [-0.39, 0.29) is 17.6 Å². The third-order valence-electron chi connectivity index (χ3n) is 3.50. The van der Waals surface area contributed by atoms with E-state index in [0.29, 0.717) is 0 Å². The molecule has 0 saturated carbocycles. The molecule has 1 atom stereocenters. The summed E-state index contributed by atoms with van der Waals surface area (Å²) < 4.78 is 24.0. The topological polar surface area (TPSA) is 30.5 Å². The zero-order valence-electron chi connectivity index (χ0n) is 12.5. The Morgan fingerprint density at radius 1 is 1.10 bits per heavy atom. The lowest BCUT2D eigenvalue weighted by molar-refractivity contribution is 0.385. The molecule has 1 unspecified atom stereocenters. The van der Waals surface area contributed by atoms with E-state index >= 15 is 0 Å². The van der Waals surface area contributed by atoms with E-state index in [1.807, 2.05) is 37.4 Å². The maximum atomic E-state index is 13.8. The van der Waals surface area contributed by atoms with Crippen LogP contribution in [0.5, 0.6) is 11.5 Å². The van der Waals surface area contributed by atoms with E-state index in [9.17, 15) is 4.39 Å². The number of likely N-dealkylation sites (N-methyl/N-ethyl adjacent to an activating group) is 1. The summed E-state index contributed by atoms with van der Waals surface area (Å²) in [5, 5.41) is 3.22. The quantitative estimate of drug-likeness (QED) is 0.884. The highest BCUT2D eigenvalue weighted by atomic mass is 19.1. The van der Waals surface area contributed by atoms with Crippen LogP contribution in [0.4, 0.5) is 4.39 Å². The summed E-state index contributed by atoms with van der Waals surface area (Å²) in [6.45, 7) is 0. The summed E-state index contributed by atoms with van der Waals surface area (Å²) in [5.41, 5.74) is 2.02. The number of hydrogen-bond donors (Lipinski definition) is 1. The van der Waals surface area contributed by atoms with E-state index in [1.54, 1.807) is 13.2 Å². The number of hydrogen-bond acceptors (Lipinski definition) is 3. The second kappa shape index (κ2) is 7.09. The van der Waals surface area contributed by atoms with Crippen LogP contribution in [0, 0.1) is 5.82 Å². The van der Waals surface area contributed by atoms with Crippen molar-refractivity contribution in [3.05, 3.63) is 59.4 Å². The molecular formula is C17H20FNO2. The highest BCUT2D eigenvalue weighted by molar-refractivity contribution is 5.34. The number of halogens is 1. The van der Waals surface area contributed by atoms with Gasteiger partial charge in [0, 0.05) is 6.04 Å². The van der Waals surface area contributed by atoms with Crippen LogP contribution in [-0.2, 0) is 6.42 Å². The van der Waals surface area contributed by atoms with Gasteiger partial charge in [-0.2, -0.15) is 0 Å². The molecule has 112 valence electrons. The first-order chi connectivity index (χ1) is 10.2. The standard InChI is InChI=1S/C17H20FNO2/c1-19-16(10-12-5-4-6-14(9-12)20-2)13-7-8-17(21-3)15(18)11-13/h4-9,11,16,19H,10H2,1-3H3. The molecule has 0 aliphatic carbocycles. The third kappa shape index (κ3) is 3.73. The van der Waals surface area contributed by atoms with Gasteiger partial charge in [-0.15, -0.1) is 0 Å². The Morgan fingerprint density at radius 3 is 2.52 bits per heavy atom. The molecule has 0 aromatic heterocycles. The lowest BCUT2D eigenvalue weighted by Crippen LogP contribution is -2.19. The molecule has 0 fully saturated rings. The van der Waals surface area contributed by atoms with E-state index in [4.69, 9.17) is 9.47 Å². The van der Waals surface area contributed by atoms with Crippen LogP contribution >= 0.6 is 0 Å². The van der Waals surface area contributed by atoms with Gasteiger partial charge in [0.25, 0.3) is 0 Å². The Hall–Kier alpha value is -2.07. The molecule has 4 heteroatoms. The van der Waals surface area contributed by atoms with Crippen LogP contribution in [0.2, 0.25) is 0 Å². The van der Waals surface area contributed by atoms with Crippen molar-refractivity contribution in [1.29, 1.82) is 0 Å². The largest absolute Gasteiger partial charge is 0.497 e. The second-order valence-electron chi connectivity index (χ2n) is 4.79. The SMILES string of the molecule is CNC(Cc1cccc(OC)c1)c1ccc(OC)c(F)c1. The van der Waals surface area contributed by atoms with Crippen LogP contribution in [0.25, 0.3) is 0 Å². The molecule has 0 bridgehead atoms. The Labute approximate surface area is 124 Å². The van der Waals surface area contributed by atoms with Gasteiger partial charge in [-0.1, -0.05) is 18.2 Å². The summed E-state index contributed by atoms with van der Waals surface area (Å²) >= 11 is 0. The molecule has 0 aliphatic rings. The van der Waals surface area contributed by atoms with Crippen molar-refractivity contribution >= 4 is 0 Å². The zero-order valence-corrected chi connectivity index (χ0v) is 12.5. The first-order valence-electron chi connectivity index (χ1n) is 6.81. The lowest BCUT2D eigenvalue weighted by Gasteiger charge is -2.18. The fourth-order valence-corrected chi connectivity index (χ4v) is 2.32. The van der Waals surface area contributed by atoms with Gasteiger partial charge in [-0.25, -0.2) is 4.39 Å². The number of ether oxygens (including phenoxy) is 2. The summed E-state index contributed by atoms with van der Waals surface area (Å²) in [4.78, 5) is 0. The monoisotopic (exact) mass is 289 g/mol. The van der Waals surface area contributed by atoms with Crippen molar-refractivity contribution in [2.45, 2.75) is 12.5 Å². The van der Waals surface area contributed by atoms with Gasteiger partial charge >= 0.3 is 0 Å².